The molecule has 1 rings (SSSR count). The molecule has 74 valence electrons. The van der Waals surface area contributed by atoms with Gasteiger partial charge in [-0.3, -0.25) is 0 Å². The number of allylic oxidation sites excluding steroid dienone is 1. The number of alkyl halides is 3. The van der Waals surface area contributed by atoms with Gasteiger partial charge >= 0.3 is 6.18 Å². The largest absolute Gasteiger partial charge is 0.431 e. The lowest BCUT2D eigenvalue weighted by Gasteiger charge is -2.13. The molecule has 1 N–H and O–H groups in total. The first-order chi connectivity index (χ1) is 6.04. The highest BCUT2D eigenvalue weighted by Gasteiger charge is 2.37. The molecule has 1 aliphatic heterocycles. The molecule has 0 bridgehead atoms. The fourth-order valence-corrected chi connectivity index (χ4v) is 1.83. The third-order valence-electron chi connectivity index (χ3n) is 1.52. The SMILES string of the molecule is C=NCCC1NC(C(F)(F)F)=CS1. The van der Waals surface area contributed by atoms with Gasteiger partial charge in [0.1, 0.15) is 5.70 Å². The van der Waals surface area contributed by atoms with Gasteiger partial charge in [-0.15, -0.1) is 11.8 Å². The Morgan fingerprint density at radius 2 is 2.31 bits per heavy atom. The van der Waals surface area contributed by atoms with Gasteiger partial charge in [0.25, 0.3) is 0 Å². The Morgan fingerprint density at radius 3 is 2.77 bits per heavy atom. The maximum Gasteiger partial charge on any atom is 0.431 e. The molecular formula is C7H9F3N2S. The van der Waals surface area contributed by atoms with Crippen molar-refractivity contribution in [2.45, 2.75) is 18.0 Å². The van der Waals surface area contributed by atoms with E-state index < -0.39 is 11.9 Å². The quantitative estimate of drug-likeness (QED) is 0.722. The molecule has 0 aliphatic carbocycles. The highest BCUT2D eigenvalue weighted by Crippen LogP contribution is 2.33. The normalized spacial score (nSPS) is 22.4. The molecule has 0 fully saturated rings. The zero-order chi connectivity index (χ0) is 9.90. The van der Waals surface area contributed by atoms with E-state index in [9.17, 15) is 13.2 Å². The summed E-state index contributed by atoms with van der Waals surface area (Å²) in [4.78, 5) is 3.58. The minimum atomic E-state index is -4.26. The number of thioether (sulfide) groups is 1. The summed E-state index contributed by atoms with van der Waals surface area (Å²) in [5, 5.41) is 3.26. The lowest BCUT2D eigenvalue weighted by molar-refractivity contribution is -0.0963. The lowest BCUT2D eigenvalue weighted by Crippen LogP contribution is -2.28. The van der Waals surface area contributed by atoms with Gasteiger partial charge in [-0.05, 0) is 13.1 Å². The van der Waals surface area contributed by atoms with Crippen LogP contribution >= 0.6 is 11.8 Å². The van der Waals surface area contributed by atoms with Crippen LogP contribution in [0.3, 0.4) is 0 Å². The van der Waals surface area contributed by atoms with Crippen molar-refractivity contribution in [3.8, 4) is 0 Å². The maximum absolute atomic E-state index is 12.1. The number of rotatable bonds is 3. The highest BCUT2D eigenvalue weighted by molar-refractivity contribution is 8.02. The molecule has 2 nitrogen and oxygen atoms in total. The van der Waals surface area contributed by atoms with Crippen LogP contribution in [0.25, 0.3) is 0 Å². The van der Waals surface area contributed by atoms with Crippen molar-refractivity contribution in [1.82, 2.24) is 5.32 Å². The van der Waals surface area contributed by atoms with Crippen LogP contribution in [-0.4, -0.2) is 24.8 Å². The van der Waals surface area contributed by atoms with Crippen molar-refractivity contribution in [3.05, 3.63) is 11.1 Å². The van der Waals surface area contributed by atoms with Crippen molar-refractivity contribution in [2.75, 3.05) is 6.54 Å². The molecule has 0 radical (unpaired) electrons. The minimum absolute atomic E-state index is 0.220. The van der Waals surface area contributed by atoms with Gasteiger partial charge in [-0.2, -0.15) is 13.2 Å². The monoisotopic (exact) mass is 210 g/mol. The van der Waals surface area contributed by atoms with Crippen molar-refractivity contribution in [1.29, 1.82) is 0 Å². The van der Waals surface area contributed by atoms with Crippen molar-refractivity contribution < 1.29 is 13.2 Å². The first-order valence-corrected chi connectivity index (χ1v) is 4.60. The molecule has 0 spiro atoms. The van der Waals surface area contributed by atoms with Gasteiger partial charge in [-0.25, -0.2) is 0 Å². The molecule has 1 atom stereocenters. The van der Waals surface area contributed by atoms with Crippen LogP contribution in [0.5, 0.6) is 0 Å². The Kier molecular flexibility index (Phi) is 3.24. The van der Waals surface area contributed by atoms with Crippen LogP contribution in [0.15, 0.2) is 16.1 Å². The maximum atomic E-state index is 12.1. The Balaban J connectivity index is 2.38. The van der Waals surface area contributed by atoms with E-state index in [0.29, 0.717) is 13.0 Å². The Morgan fingerprint density at radius 1 is 1.62 bits per heavy atom. The average molecular weight is 210 g/mol. The van der Waals surface area contributed by atoms with E-state index in [-0.39, 0.29) is 5.37 Å². The van der Waals surface area contributed by atoms with Crippen molar-refractivity contribution in [2.24, 2.45) is 4.99 Å². The van der Waals surface area contributed by atoms with Gasteiger partial charge in [-0.1, -0.05) is 0 Å². The standard InChI is InChI=1S/C7H9F3N2S/c1-11-3-2-6-12-5(4-13-6)7(8,9)10/h4,6,12H,1-3H2. The molecule has 6 heteroatoms. The van der Waals surface area contributed by atoms with Crippen LogP contribution in [0.1, 0.15) is 6.42 Å². The van der Waals surface area contributed by atoms with Gasteiger partial charge in [0.05, 0.1) is 5.37 Å². The zero-order valence-corrected chi connectivity index (χ0v) is 7.58. The smallest absolute Gasteiger partial charge is 0.369 e. The average Bonchev–Trinajstić information content (AvgIpc) is 2.47. The Labute approximate surface area is 78.3 Å². The number of nitrogens with zero attached hydrogens (tertiary/aromatic N) is 1. The summed E-state index contributed by atoms with van der Waals surface area (Å²) in [6.07, 6.45) is -3.70. The second-order valence-electron chi connectivity index (χ2n) is 2.53. The first kappa shape index (κ1) is 10.4. The van der Waals surface area contributed by atoms with E-state index in [1.807, 2.05) is 0 Å². The van der Waals surface area contributed by atoms with Crippen LogP contribution in [-0.2, 0) is 0 Å². The third kappa shape index (κ3) is 2.95. The summed E-state index contributed by atoms with van der Waals surface area (Å²) in [6.45, 7) is 3.74. The fourth-order valence-electron chi connectivity index (χ4n) is 0.889. The van der Waals surface area contributed by atoms with Crippen LogP contribution in [0.2, 0.25) is 0 Å². The van der Waals surface area contributed by atoms with Crippen LogP contribution in [0.4, 0.5) is 13.2 Å². The summed E-state index contributed by atoms with van der Waals surface area (Å²) in [7, 11) is 0. The van der Waals surface area contributed by atoms with Crippen molar-refractivity contribution in [3.63, 3.8) is 0 Å². The molecule has 1 heterocycles. The zero-order valence-electron chi connectivity index (χ0n) is 6.77. The molecule has 1 aliphatic rings. The van der Waals surface area contributed by atoms with Gasteiger partial charge in [0, 0.05) is 12.0 Å². The van der Waals surface area contributed by atoms with Crippen molar-refractivity contribution >= 4 is 18.5 Å². The number of hydrogen-bond acceptors (Lipinski definition) is 3. The van der Waals surface area contributed by atoms with Gasteiger partial charge in [0.15, 0.2) is 0 Å². The minimum Gasteiger partial charge on any atom is -0.369 e. The summed E-state index contributed by atoms with van der Waals surface area (Å²) >= 11 is 1.14. The topological polar surface area (TPSA) is 24.4 Å². The summed E-state index contributed by atoms with van der Waals surface area (Å²) in [5.41, 5.74) is -0.661. The molecule has 13 heavy (non-hydrogen) atoms. The fraction of sp³-hybridized carbons (Fsp3) is 0.571. The number of hydrogen-bond donors (Lipinski definition) is 1. The molecular weight excluding hydrogens is 201 g/mol. The second-order valence-corrected chi connectivity index (χ2v) is 3.61. The van der Waals surface area contributed by atoms with E-state index in [0.717, 1.165) is 17.2 Å². The third-order valence-corrected chi connectivity index (χ3v) is 2.58. The summed E-state index contributed by atoms with van der Waals surface area (Å²) in [5.74, 6) is 0. The van der Waals surface area contributed by atoms with E-state index in [4.69, 9.17) is 0 Å². The van der Waals surface area contributed by atoms with E-state index in [1.165, 1.54) is 0 Å². The highest BCUT2D eigenvalue weighted by atomic mass is 32.2. The lowest BCUT2D eigenvalue weighted by atomic mass is 10.4. The number of aliphatic imine (C=N–C) groups is 1. The van der Waals surface area contributed by atoms with Crippen LogP contribution < -0.4 is 5.32 Å². The molecule has 1 unspecified atom stereocenters. The van der Waals surface area contributed by atoms with E-state index >= 15 is 0 Å². The van der Waals surface area contributed by atoms with E-state index in [1.54, 1.807) is 0 Å². The van der Waals surface area contributed by atoms with Gasteiger partial charge < -0.3 is 10.3 Å². The molecule has 0 saturated carbocycles. The van der Waals surface area contributed by atoms with Crippen LogP contribution in [0, 0.1) is 0 Å². The molecule has 0 aromatic heterocycles. The summed E-state index contributed by atoms with van der Waals surface area (Å²) in [6, 6.07) is 0. The molecule has 0 aromatic carbocycles. The van der Waals surface area contributed by atoms with Gasteiger partial charge in [0.2, 0.25) is 0 Å². The summed E-state index contributed by atoms with van der Waals surface area (Å²) < 4.78 is 36.2. The first-order valence-electron chi connectivity index (χ1n) is 3.66. The molecule has 0 aromatic rings. The predicted molar refractivity (Wildman–Crippen MR) is 47.7 cm³/mol. The second kappa shape index (κ2) is 4.04. The number of halogens is 3. The number of nitrogens with one attached hydrogen (secondary N) is 1. The Bertz CT molecular complexity index is 224. The molecule has 0 saturated heterocycles. The Hall–Kier alpha value is -0.650. The van der Waals surface area contributed by atoms with E-state index in [2.05, 4.69) is 17.0 Å². The predicted octanol–water partition coefficient (Wildman–Crippen LogP) is 2.14. The molecule has 0 amide bonds.